The SMILES string of the molecule is Cc1cc(C(=O)N2CCC(C)C2)ccc1F. The van der Waals surface area contributed by atoms with E-state index in [4.69, 9.17) is 0 Å². The number of hydrogen-bond donors (Lipinski definition) is 0. The molecule has 86 valence electrons. The summed E-state index contributed by atoms with van der Waals surface area (Å²) in [6, 6.07) is 4.55. The number of carbonyl (C=O) groups excluding carboxylic acids is 1. The molecule has 16 heavy (non-hydrogen) atoms. The van der Waals surface area contributed by atoms with Gasteiger partial charge >= 0.3 is 0 Å². The van der Waals surface area contributed by atoms with Crippen LogP contribution in [0, 0.1) is 18.7 Å². The van der Waals surface area contributed by atoms with Crippen LogP contribution in [0.25, 0.3) is 0 Å². The molecule has 0 bridgehead atoms. The third-order valence-electron chi connectivity index (χ3n) is 3.12. The Balaban J connectivity index is 2.18. The first-order valence-corrected chi connectivity index (χ1v) is 5.63. The molecule has 0 radical (unpaired) electrons. The molecule has 1 aliphatic rings. The Hall–Kier alpha value is -1.38. The maximum absolute atomic E-state index is 13.1. The Kier molecular flexibility index (Phi) is 2.95. The van der Waals surface area contributed by atoms with E-state index >= 15 is 0 Å². The van der Waals surface area contributed by atoms with E-state index in [-0.39, 0.29) is 11.7 Å². The van der Waals surface area contributed by atoms with Gasteiger partial charge in [-0.2, -0.15) is 0 Å². The van der Waals surface area contributed by atoms with Gasteiger partial charge < -0.3 is 4.90 Å². The molecule has 2 rings (SSSR count). The molecule has 1 amide bonds. The summed E-state index contributed by atoms with van der Waals surface area (Å²) in [4.78, 5) is 13.9. The van der Waals surface area contributed by atoms with Gasteiger partial charge in [0.25, 0.3) is 5.91 Å². The van der Waals surface area contributed by atoms with Crippen molar-refractivity contribution in [2.45, 2.75) is 20.3 Å². The molecule has 1 unspecified atom stereocenters. The molecule has 1 aromatic carbocycles. The minimum Gasteiger partial charge on any atom is -0.338 e. The molecular weight excluding hydrogens is 205 g/mol. The molecule has 0 aliphatic carbocycles. The molecule has 1 aromatic rings. The summed E-state index contributed by atoms with van der Waals surface area (Å²) < 4.78 is 13.1. The maximum Gasteiger partial charge on any atom is 0.253 e. The zero-order chi connectivity index (χ0) is 11.7. The molecule has 0 aromatic heterocycles. The zero-order valence-electron chi connectivity index (χ0n) is 9.66. The van der Waals surface area contributed by atoms with Crippen LogP contribution < -0.4 is 0 Å². The summed E-state index contributed by atoms with van der Waals surface area (Å²) in [6.07, 6.45) is 1.06. The first kappa shape index (κ1) is 11.1. The summed E-state index contributed by atoms with van der Waals surface area (Å²) in [7, 11) is 0. The molecule has 1 fully saturated rings. The lowest BCUT2D eigenvalue weighted by Gasteiger charge is -2.16. The van der Waals surface area contributed by atoms with E-state index in [1.165, 1.54) is 6.07 Å². The van der Waals surface area contributed by atoms with E-state index < -0.39 is 0 Å². The maximum atomic E-state index is 13.1. The van der Waals surface area contributed by atoms with Gasteiger partial charge in [-0.25, -0.2) is 4.39 Å². The largest absolute Gasteiger partial charge is 0.338 e. The quantitative estimate of drug-likeness (QED) is 0.713. The van der Waals surface area contributed by atoms with E-state index in [1.807, 2.05) is 4.90 Å². The monoisotopic (exact) mass is 221 g/mol. The van der Waals surface area contributed by atoms with Crippen molar-refractivity contribution in [2.24, 2.45) is 5.92 Å². The highest BCUT2D eigenvalue weighted by Crippen LogP contribution is 2.19. The number of amides is 1. The van der Waals surface area contributed by atoms with Gasteiger partial charge in [-0.1, -0.05) is 6.92 Å². The molecule has 2 nitrogen and oxygen atoms in total. The first-order valence-electron chi connectivity index (χ1n) is 5.63. The molecule has 0 spiro atoms. The number of aryl methyl sites for hydroxylation is 1. The third kappa shape index (κ3) is 2.08. The van der Waals surface area contributed by atoms with Crippen molar-refractivity contribution < 1.29 is 9.18 Å². The fourth-order valence-corrected chi connectivity index (χ4v) is 2.08. The molecule has 1 aliphatic heterocycles. The molecule has 1 atom stereocenters. The lowest BCUT2D eigenvalue weighted by Crippen LogP contribution is -2.28. The van der Waals surface area contributed by atoms with E-state index in [1.54, 1.807) is 19.1 Å². The number of hydrogen-bond acceptors (Lipinski definition) is 1. The number of benzene rings is 1. The summed E-state index contributed by atoms with van der Waals surface area (Å²) in [5, 5.41) is 0. The van der Waals surface area contributed by atoms with Crippen molar-refractivity contribution in [3.63, 3.8) is 0 Å². The fraction of sp³-hybridized carbons (Fsp3) is 0.462. The lowest BCUT2D eigenvalue weighted by atomic mass is 10.1. The van der Waals surface area contributed by atoms with Crippen LogP contribution in [0.5, 0.6) is 0 Å². The van der Waals surface area contributed by atoms with Crippen molar-refractivity contribution in [2.75, 3.05) is 13.1 Å². The summed E-state index contributed by atoms with van der Waals surface area (Å²) in [6.45, 7) is 5.45. The number of likely N-dealkylation sites (tertiary alicyclic amines) is 1. The number of nitrogens with zero attached hydrogens (tertiary/aromatic N) is 1. The van der Waals surface area contributed by atoms with Gasteiger partial charge in [-0.3, -0.25) is 4.79 Å². The van der Waals surface area contributed by atoms with Gasteiger partial charge in [0.1, 0.15) is 5.82 Å². The Labute approximate surface area is 95.1 Å². The van der Waals surface area contributed by atoms with Gasteiger partial charge in [-0.05, 0) is 43.0 Å². The summed E-state index contributed by atoms with van der Waals surface area (Å²) in [5.41, 5.74) is 1.12. The molecular formula is C13H16FNO. The summed E-state index contributed by atoms with van der Waals surface area (Å²) in [5.74, 6) is 0.337. The molecule has 1 saturated heterocycles. The zero-order valence-corrected chi connectivity index (χ0v) is 9.66. The second-order valence-electron chi connectivity index (χ2n) is 4.61. The van der Waals surface area contributed by atoms with Crippen LogP contribution >= 0.6 is 0 Å². The Morgan fingerprint density at radius 2 is 2.25 bits per heavy atom. The highest BCUT2D eigenvalue weighted by Gasteiger charge is 2.24. The lowest BCUT2D eigenvalue weighted by molar-refractivity contribution is 0.0788. The van der Waals surface area contributed by atoms with E-state index in [9.17, 15) is 9.18 Å². The van der Waals surface area contributed by atoms with Crippen molar-refractivity contribution in [1.82, 2.24) is 4.90 Å². The highest BCUT2D eigenvalue weighted by atomic mass is 19.1. The smallest absolute Gasteiger partial charge is 0.253 e. The Bertz CT molecular complexity index is 416. The van der Waals surface area contributed by atoms with Gasteiger partial charge in [0.2, 0.25) is 0 Å². The van der Waals surface area contributed by atoms with Crippen molar-refractivity contribution in [1.29, 1.82) is 0 Å². The van der Waals surface area contributed by atoms with Crippen LogP contribution in [0.2, 0.25) is 0 Å². The summed E-state index contributed by atoms with van der Waals surface area (Å²) >= 11 is 0. The molecule has 3 heteroatoms. The molecule has 1 heterocycles. The van der Waals surface area contributed by atoms with Crippen LogP contribution in [-0.4, -0.2) is 23.9 Å². The molecule has 0 saturated carbocycles. The fourth-order valence-electron chi connectivity index (χ4n) is 2.08. The average molecular weight is 221 g/mol. The highest BCUT2D eigenvalue weighted by molar-refractivity contribution is 5.94. The van der Waals surface area contributed by atoms with Crippen LogP contribution in [0.4, 0.5) is 4.39 Å². The standard InChI is InChI=1S/C13H16FNO/c1-9-5-6-15(8-9)13(16)11-3-4-12(14)10(2)7-11/h3-4,7,9H,5-6,8H2,1-2H3. The average Bonchev–Trinajstić information content (AvgIpc) is 2.68. The second-order valence-corrected chi connectivity index (χ2v) is 4.61. The van der Waals surface area contributed by atoms with E-state index in [2.05, 4.69) is 6.92 Å². The van der Waals surface area contributed by atoms with Crippen LogP contribution in [0.1, 0.15) is 29.3 Å². The van der Waals surface area contributed by atoms with E-state index in [0.29, 0.717) is 17.0 Å². The minimum absolute atomic E-state index is 0.0208. The van der Waals surface area contributed by atoms with Crippen molar-refractivity contribution in [3.05, 3.63) is 35.1 Å². The number of rotatable bonds is 1. The molecule has 0 N–H and O–H groups in total. The normalized spacial score (nSPS) is 20.2. The van der Waals surface area contributed by atoms with Gasteiger partial charge in [0.15, 0.2) is 0 Å². The van der Waals surface area contributed by atoms with Crippen molar-refractivity contribution >= 4 is 5.91 Å². The third-order valence-corrected chi connectivity index (χ3v) is 3.12. The Morgan fingerprint density at radius 3 is 2.81 bits per heavy atom. The van der Waals surface area contributed by atoms with Crippen molar-refractivity contribution in [3.8, 4) is 0 Å². The predicted molar refractivity (Wildman–Crippen MR) is 60.8 cm³/mol. The Morgan fingerprint density at radius 1 is 1.50 bits per heavy atom. The van der Waals surface area contributed by atoms with Crippen LogP contribution in [0.15, 0.2) is 18.2 Å². The second kappa shape index (κ2) is 4.24. The predicted octanol–water partition coefficient (Wildman–Crippen LogP) is 2.62. The minimum atomic E-state index is -0.258. The topological polar surface area (TPSA) is 20.3 Å². The first-order chi connectivity index (χ1) is 7.58. The van der Waals surface area contributed by atoms with Gasteiger partial charge in [0, 0.05) is 18.7 Å². The number of halogens is 1. The van der Waals surface area contributed by atoms with E-state index in [0.717, 1.165) is 19.5 Å². The van der Waals surface area contributed by atoms with Gasteiger partial charge in [-0.15, -0.1) is 0 Å². The number of carbonyl (C=O) groups is 1. The van der Waals surface area contributed by atoms with Crippen LogP contribution in [0.3, 0.4) is 0 Å². The van der Waals surface area contributed by atoms with Gasteiger partial charge in [0.05, 0.1) is 0 Å². The van der Waals surface area contributed by atoms with Crippen LogP contribution in [-0.2, 0) is 0 Å².